The van der Waals surface area contributed by atoms with Crippen molar-refractivity contribution in [2.75, 3.05) is 13.7 Å². The Morgan fingerprint density at radius 3 is 2.82 bits per heavy atom. The van der Waals surface area contributed by atoms with Crippen molar-refractivity contribution in [2.24, 2.45) is 5.92 Å². The highest BCUT2D eigenvalue weighted by Crippen LogP contribution is 2.34. The first-order valence-electron chi connectivity index (χ1n) is 6.23. The molecule has 1 aromatic rings. The highest BCUT2D eigenvalue weighted by molar-refractivity contribution is 6.30. The molecular weight excluding hydrogens is 234 g/mol. The maximum atomic E-state index is 6.16. The van der Waals surface area contributed by atoms with Gasteiger partial charge >= 0.3 is 0 Å². The largest absolute Gasteiger partial charge is 0.493 e. The van der Waals surface area contributed by atoms with Gasteiger partial charge in [0.1, 0.15) is 5.75 Å². The third-order valence-corrected chi connectivity index (χ3v) is 3.66. The minimum atomic E-state index is 0.460. The zero-order valence-corrected chi connectivity index (χ0v) is 11.5. The van der Waals surface area contributed by atoms with Crippen LogP contribution in [0.3, 0.4) is 0 Å². The van der Waals surface area contributed by atoms with Gasteiger partial charge in [-0.3, -0.25) is 0 Å². The molecule has 0 bridgehead atoms. The van der Waals surface area contributed by atoms with Gasteiger partial charge in [-0.2, -0.15) is 0 Å². The van der Waals surface area contributed by atoms with Gasteiger partial charge in [0.25, 0.3) is 0 Å². The van der Waals surface area contributed by atoms with Gasteiger partial charge in [-0.05, 0) is 42.6 Å². The van der Waals surface area contributed by atoms with Crippen molar-refractivity contribution in [3.8, 4) is 5.75 Å². The highest BCUT2D eigenvalue weighted by atomic mass is 35.5. The van der Waals surface area contributed by atoms with E-state index in [4.69, 9.17) is 16.3 Å². The molecule has 3 heteroatoms. The fourth-order valence-corrected chi connectivity index (χ4v) is 2.67. The summed E-state index contributed by atoms with van der Waals surface area (Å²) in [6.45, 7) is 5.24. The topological polar surface area (TPSA) is 21.3 Å². The van der Waals surface area contributed by atoms with Crippen molar-refractivity contribution in [2.45, 2.75) is 32.7 Å². The molecule has 0 fully saturated rings. The van der Waals surface area contributed by atoms with E-state index in [1.807, 2.05) is 19.2 Å². The molecule has 17 heavy (non-hydrogen) atoms. The van der Waals surface area contributed by atoms with E-state index in [1.165, 1.54) is 11.1 Å². The van der Waals surface area contributed by atoms with Crippen LogP contribution in [-0.4, -0.2) is 19.7 Å². The number of rotatable bonds is 4. The molecule has 0 aromatic heterocycles. The van der Waals surface area contributed by atoms with Gasteiger partial charge in [-0.15, -0.1) is 0 Å². The third kappa shape index (κ3) is 2.75. The lowest BCUT2D eigenvalue weighted by atomic mass is 9.95. The molecule has 0 saturated heterocycles. The molecule has 0 spiro atoms. The maximum Gasteiger partial charge on any atom is 0.125 e. The van der Waals surface area contributed by atoms with E-state index < -0.39 is 0 Å². The Kier molecular flexibility index (Phi) is 3.95. The average Bonchev–Trinajstić information content (AvgIpc) is 2.72. The lowest BCUT2D eigenvalue weighted by Gasteiger charge is -2.21. The van der Waals surface area contributed by atoms with Crippen LogP contribution in [0, 0.1) is 5.92 Å². The number of hydrogen-bond donors (Lipinski definition) is 1. The molecule has 1 N–H and O–H groups in total. The first-order valence-corrected chi connectivity index (χ1v) is 6.61. The summed E-state index contributed by atoms with van der Waals surface area (Å²) in [6, 6.07) is 4.53. The van der Waals surface area contributed by atoms with Gasteiger partial charge in [0.15, 0.2) is 0 Å². The molecule has 1 aliphatic heterocycles. The van der Waals surface area contributed by atoms with Gasteiger partial charge in [0, 0.05) is 17.5 Å². The number of nitrogens with one attached hydrogen (secondary N) is 1. The Balaban J connectivity index is 2.26. The summed E-state index contributed by atoms with van der Waals surface area (Å²) in [7, 11) is 2.01. The molecule has 0 amide bonds. The molecular formula is C14H20ClNO. The van der Waals surface area contributed by atoms with Gasteiger partial charge in [-0.1, -0.05) is 25.4 Å². The second-order valence-electron chi connectivity index (χ2n) is 4.99. The smallest absolute Gasteiger partial charge is 0.125 e. The predicted octanol–water partition coefficient (Wildman–Crippen LogP) is 3.06. The van der Waals surface area contributed by atoms with Crippen molar-refractivity contribution in [3.63, 3.8) is 0 Å². The van der Waals surface area contributed by atoms with Crippen LogP contribution in [0.4, 0.5) is 0 Å². The van der Waals surface area contributed by atoms with Crippen molar-refractivity contribution in [1.29, 1.82) is 0 Å². The monoisotopic (exact) mass is 253 g/mol. The van der Waals surface area contributed by atoms with E-state index >= 15 is 0 Å². The van der Waals surface area contributed by atoms with Gasteiger partial charge in [-0.25, -0.2) is 0 Å². The lowest BCUT2D eigenvalue weighted by molar-refractivity contribution is 0.348. The predicted molar refractivity (Wildman–Crippen MR) is 72.0 cm³/mol. The van der Waals surface area contributed by atoms with Gasteiger partial charge in [0.05, 0.1) is 6.61 Å². The summed E-state index contributed by atoms with van der Waals surface area (Å²) in [5.41, 5.74) is 2.49. The average molecular weight is 254 g/mol. The Bertz CT molecular complexity index is 403. The normalized spacial score (nSPS) is 15.8. The Morgan fingerprint density at radius 1 is 1.41 bits per heavy atom. The molecule has 0 aliphatic carbocycles. The van der Waals surface area contributed by atoms with E-state index in [-0.39, 0.29) is 0 Å². The van der Waals surface area contributed by atoms with Crippen LogP contribution in [0.1, 0.15) is 25.0 Å². The molecule has 2 nitrogen and oxygen atoms in total. The SMILES string of the molecule is CNC(Cc1cc(Cl)cc2c1OCC2)C(C)C. The van der Waals surface area contributed by atoms with Crippen LogP contribution in [0.2, 0.25) is 5.02 Å². The van der Waals surface area contributed by atoms with E-state index in [0.717, 1.165) is 30.2 Å². The molecule has 2 rings (SSSR count). The molecule has 1 aliphatic rings. The minimum absolute atomic E-state index is 0.460. The van der Waals surface area contributed by atoms with Crippen LogP contribution >= 0.6 is 11.6 Å². The van der Waals surface area contributed by atoms with E-state index in [2.05, 4.69) is 19.2 Å². The fraction of sp³-hybridized carbons (Fsp3) is 0.571. The summed E-state index contributed by atoms with van der Waals surface area (Å²) in [5, 5.41) is 4.18. The Hall–Kier alpha value is -0.730. The lowest BCUT2D eigenvalue weighted by Crippen LogP contribution is -2.32. The summed E-state index contributed by atoms with van der Waals surface area (Å²) >= 11 is 6.16. The standard InChI is InChI=1S/C14H20ClNO/c1-9(2)13(16-3)8-11-7-12(15)6-10-4-5-17-14(10)11/h6-7,9,13,16H,4-5,8H2,1-3H3. The van der Waals surface area contributed by atoms with Crippen molar-refractivity contribution >= 4 is 11.6 Å². The number of hydrogen-bond acceptors (Lipinski definition) is 2. The first-order chi connectivity index (χ1) is 8.11. The minimum Gasteiger partial charge on any atom is -0.493 e. The summed E-state index contributed by atoms with van der Waals surface area (Å²) in [5.74, 6) is 1.66. The van der Waals surface area contributed by atoms with Crippen LogP contribution in [-0.2, 0) is 12.8 Å². The second kappa shape index (κ2) is 5.28. The van der Waals surface area contributed by atoms with Crippen LogP contribution in [0.25, 0.3) is 0 Å². The number of likely N-dealkylation sites (N-methyl/N-ethyl adjacent to an activating group) is 1. The maximum absolute atomic E-state index is 6.16. The van der Waals surface area contributed by atoms with E-state index in [9.17, 15) is 0 Å². The van der Waals surface area contributed by atoms with E-state index in [0.29, 0.717) is 12.0 Å². The first kappa shape index (κ1) is 12.7. The van der Waals surface area contributed by atoms with Crippen LogP contribution < -0.4 is 10.1 Å². The van der Waals surface area contributed by atoms with Crippen LogP contribution in [0.5, 0.6) is 5.75 Å². The zero-order chi connectivity index (χ0) is 12.4. The molecule has 0 radical (unpaired) electrons. The van der Waals surface area contributed by atoms with Crippen LogP contribution in [0.15, 0.2) is 12.1 Å². The quantitative estimate of drug-likeness (QED) is 0.891. The van der Waals surface area contributed by atoms with Gasteiger partial charge < -0.3 is 10.1 Å². The highest BCUT2D eigenvalue weighted by Gasteiger charge is 2.20. The molecule has 1 heterocycles. The summed E-state index contributed by atoms with van der Waals surface area (Å²) in [6.07, 6.45) is 1.95. The molecule has 0 saturated carbocycles. The number of benzene rings is 1. The second-order valence-corrected chi connectivity index (χ2v) is 5.43. The Morgan fingerprint density at radius 2 is 2.18 bits per heavy atom. The van der Waals surface area contributed by atoms with Crippen molar-refractivity contribution in [1.82, 2.24) is 5.32 Å². The van der Waals surface area contributed by atoms with Crippen molar-refractivity contribution in [3.05, 3.63) is 28.3 Å². The number of halogens is 1. The molecule has 1 aromatic carbocycles. The number of ether oxygens (including phenoxy) is 1. The third-order valence-electron chi connectivity index (χ3n) is 3.44. The molecule has 1 atom stereocenters. The van der Waals surface area contributed by atoms with Crippen molar-refractivity contribution < 1.29 is 4.74 Å². The van der Waals surface area contributed by atoms with E-state index in [1.54, 1.807) is 0 Å². The zero-order valence-electron chi connectivity index (χ0n) is 10.7. The molecule has 1 unspecified atom stereocenters. The Labute approximate surface area is 108 Å². The molecule has 94 valence electrons. The van der Waals surface area contributed by atoms with Gasteiger partial charge in [0.2, 0.25) is 0 Å². The number of fused-ring (bicyclic) bond motifs is 1. The summed E-state index contributed by atoms with van der Waals surface area (Å²) < 4.78 is 5.72. The summed E-state index contributed by atoms with van der Waals surface area (Å²) in [4.78, 5) is 0. The fourth-order valence-electron chi connectivity index (χ4n) is 2.41.